The minimum Gasteiger partial charge on any atom is -0.497 e. The number of aryl methyl sites for hydroxylation is 1. The zero-order valence-corrected chi connectivity index (χ0v) is 16.4. The van der Waals surface area contributed by atoms with Gasteiger partial charge in [-0.25, -0.2) is 9.97 Å². The molecular formula is C21H26N4O3. The predicted molar refractivity (Wildman–Crippen MR) is 106 cm³/mol. The van der Waals surface area contributed by atoms with Crippen LogP contribution >= 0.6 is 0 Å². The number of methoxy groups -OCH3 is 1. The van der Waals surface area contributed by atoms with Gasteiger partial charge < -0.3 is 19.3 Å². The van der Waals surface area contributed by atoms with Crippen molar-refractivity contribution in [2.75, 3.05) is 38.3 Å². The summed E-state index contributed by atoms with van der Waals surface area (Å²) >= 11 is 0. The fraction of sp³-hybridized carbons (Fsp3) is 0.476. The van der Waals surface area contributed by atoms with E-state index in [4.69, 9.17) is 9.47 Å². The molecule has 1 amide bonds. The van der Waals surface area contributed by atoms with Gasteiger partial charge in [0.05, 0.1) is 13.2 Å². The lowest BCUT2D eigenvalue weighted by Crippen LogP contribution is -2.51. The minimum atomic E-state index is 0.0454. The molecule has 0 bridgehead atoms. The molecule has 2 atom stereocenters. The first-order valence-corrected chi connectivity index (χ1v) is 9.74. The monoisotopic (exact) mass is 382 g/mol. The quantitative estimate of drug-likeness (QED) is 0.791. The predicted octanol–water partition coefficient (Wildman–Crippen LogP) is 2.30. The van der Waals surface area contributed by atoms with Gasteiger partial charge in [0.1, 0.15) is 23.6 Å². The van der Waals surface area contributed by atoms with Crippen LogP contribution in [-0.4, -0.2) is 60.2 Å². The van der Waals surface area contributed by atoms with E-state index in [2.05, 4.69) is 14.9 Å². The Morgan fingerprint density at radius 1 is 1.14 bits per heavy atom. The molecule has 2 aliphatic rings. The van der Waals surface area contributed by atoms with Crippen molar-refractivity contribution in [3.05, 3.63) is 42.4 Å². The second-order valence-electron chi connectivity index (χ2n) is 7.42. The molecule has 0 radical (unpaired) electrons. The number of nitrogens with zero attached hydrogens (tertiary/aromatic N) is 4. The summed E-state index contributed by atoms with van der Waals surface area (Å²) in [6, 6.07) is 9.52. The number of carbonyl (C=O) groups is 1. The summed E-state index contributed by atoms with van der Waals surface area (Å²) in [4.78, 5) is 25.7. The fourth-order valence-electron chi connectivity index (χ4n) is 4.17. The molecular weight excluding hydrogens is 356 g/mol. The van der Waals surface area contributed by atoms with E-state index in [9.17, 15) is 4.79 Å². The van der Waals surface area contributed by atoms with Crippen LogP contribution in [0.25, 0.3) is 0 Å². The molecule has 0 N–H and O–H groups in total. The molecule has 0 saturated carbocycles. The molecule has 3 heterocycles. The van der Waals surface area contributed by atoms with Crippen molar-refractivity contribution in [1.82, 2.24) is 14.9 Å². The first kappa shape index (κ1) is 18.5. The molecule has 2 unspecified atom stereocenters. The van der Waals surface area contributed by atoms with E-state index in [0.717, 1.165) is 49.7 Å². The van der Waals surface area contributed by atoms with Gasteiger partial charge in [-0.1, -0.05) is 0 Å². The molecule has 2 saturated heterocycles. The molecule has 0 aliphatic carbocycles. The lowest BCUT2D eigenvalue weighted by Gasteiger charge is -2.39. The number of ether oxygens (including phenoxy) is 2. The van der Waals surface area contributed by atoms with Crippen LogP contribution in [0.1, 0.15) is 18.5 Å². The summed E-state index contributed by atoms with van der Waals surface area (Å²) in [7, 11) is 1.62. The lowest BCUT2D eigenvalue weighted by molar-refractivity contribution is -0.134. The van der Waals surface area contributed by atoms with Gasteiger partial charge in [0, 0.05) is 31.4 Å². The highest BCUT2D eigenvalue weighted by Gasteiger charge is 2.40. The maximum atomic E-state index is 12.8. The number of anilines is 1. The highest BCUT2D eigenvalue weighted by molar-refractivity contribution is 5.78. The number of likely N-dealkylation sites (tertiary alicyclic amines) is 1. The van der Waals surface area contributed by atoms with Crippen LogP contribution in [0.5, 0.6) is 11.5 Å². The lowest BCUT2D eigenvalue weighted by atomic mass is 9.92. The van der Waals surface area contributed by atoms with Gasteiger partial charge in [-0.15, -0.1) is 0 Å². The highest BCUT2D eigenvalue weighted by atomic mass is 16.5. The standard InChI is InChI=1S/C21H26N4O3/c1-15-11-20(23-14-22-15)24-9-7-16-8-10-25(19(16)12-24)21(26)13-28-18-5-3-17(27-2)4-6-18/h3-6,11,14,16,19H,7-10,12-13H2,1-2H3. The molecule has 4 rings (SSSR count). The third kappa shape index (κ3) is 3.88. The molecule has 7 heteroatoms. The maximum Gasteiger partial charge on any atom is 0.260 e. The second-order valence-corrected chi connectivity index (χ2v) is 7.42. The summed E-state index contributed by atoms with van der Waals surface area (Å²) in [6.45, 7) is 4.62. The van der Waals surface area contributed by atoms with Crippen molar-refractivity contribution in [1.29, 1.82) is 0 Å². The molecule has 2 aromatic rings. The van der Waals surface area contributed by atoms with Gasteiger partial charge in [0.15, 0.2) is 6.61 Å². The van der Waals surface area contributed by atoms with E-state index in [1.807, 2.05) is 42.2 Å². The zero-order chi connectivity index (χ0) is 19.5. The van der Waals surface area contributed by atoms with Gasteiger partial charge in [-0.05, 0) is 49.9 Å². The molecule has 2 aliphatic heterocycles. The number of hydrogen-bond donors (Lipinski definition) is 0. The van der Waals surface area contributed by atoms with Crippen LogP contribution in [0.2, 0.25) is 0 Å². The van der Waals surface area contributed by atoms with Crippen molar-refractivity contribution in [3.63, 3.8) is 0 Å². The van der Waals surface area contributed by atoms with Gasteiger partial charge in [-0.2, -0.15) is 0 Å². The molecule has 1 aromatic heterocycles. The number of fused-ring (bicyclic) bond motifs is 1. The van der Waals surface area contributed by atoms with E-state index >= 15 is 0 Å². The molecule has 7 nitrogen and oxygen atoms in total. The van der Waals surface area contributed by atoms with E-state index < -0.39 is 0 Å². The Kier molecular flexibility index (Phi) is 5.32. The van der Waals surface area contributed by atoms with Crippen molar-refractivity contribution < 1.29 is 14.3 Å². The van der Waals surface area contributed by atoms with Crippen LogP contribution in [0, 0.1) is 12.8 Å². The van der Waals surface area contributed by atoms with Gasteiger partial charge in [0.25, 0.3) is 5.91 Å². The summed E-state index contributed by atoms with van der Waals surface area (Å²) in [5.41, 5.74) is 0.958. The Morgan fingerprint density at radius 2 is 1.89 bits per heavy atom. The first-order chi connectivity index (χ1) is 13.6. The van der Waals surface area contributed by atoms with Gasteiger partial charge in [0.2, 0.25) is 0 Å². The van der Waals surface area contributed by atoms with Crippen molar-refractivity contribution in [3.8, 4) is 11.5 Å². The van der Waals surface area contributed by atoms with Crippen LogP contribution < -0.4 is 14.4 Å². The average Bonchev–Trinajstić information content (AvgIpc) is 3.15. The van der Waals surface area contributed by atoms with Crippen LogP contribution in [0.15, 0.2) is 36.7 Å². The smallest absolute Gasteiger partial charge is 0.260 e. The van der Waals surface area contributed by atoms with Crippen molar-refractivity contribution >= 4 is 11.7 Å². The van der Waals surface area contributed by atoms with Crippen LogP contribution in [-0.2, 0) is 4.79 Å². The summed E-state index contributed by atoms with van der Waals surface area (Å²) in [6.07, 6.45) is 3.75. The maximum absolute atomic E-state index is 12.8. The van der Waals surface area contributed by atoms with Gasteiger partial charge >= 0.3 is 0 Å². The van der Waals surface area contributed by atoms with Crippen LogP contribution in [0.3, 0.4) is 0 Å². The molecule has 0 spiro atoms. The Labute approximate surface area is 165 Å². The normalized spacial score (nSPS) is 21.4. The third-order valence-corrected chi connectivity index (χ3v) is 5.72. The first-order valence-electron chi connectivity index (χ1n) is 9.74. The summed E-state index contributed by atoms with van der Waals surface area (Å²) in [5, 5.41) is 0. The molecule has 148 valence electrons. The Hall–Kier alpha value is -2.83. The van der Waals surface area contributed by atoms with Crippen LogP contribution in [0.4, 0.5) is 5.82 Å². The SMILES string of the molecule is COc1ccc(OCC(=O)N2CCC3CCN(c4cc(C)ncn4)CC32)cc1. The average molecular weight is 382 g/mol. The molecule has 1 aromatic carbocycles. The highest BCUT2D eigenvalue weighted by Crippen LogP contribution is 2.33. The molecule has 28 heavy (non-hydrogen) atoms. The largest absolute Gasteiger partial charge is 0.497 e. The number of benzene rings is 1. The molecule has 2 fully saturated rings. The summed E-state index contributed by atoms with van der Waals surface area (Å²) in [5.74, 6) is 2.99. The summed E-state index contributed by atoms with van der Waals surface area (Å²) < 4.78 is 10.9. The Bertz CT molecular complexity index is 827. The second kappa shape index (κ2) is 8.04. The number of aromatic nitrogens is 2. The number of carbonyl (C=O) groups excluding carboxylic acids is 1. The van der Waals surface area contributed by atoms with Crippen molar-refractivity contribution in [2.45, 2.75) is 25.8 Å². The van der Waals surface area contributed by atoms with Gasteiger partial charge in [-0.3, -0.25) is 4.79 Å². The number of hydrogen-bond acceptors (Lipinski definition) is 6. The number of amides is 1. The zero-order valence-electron chi connectivity index (χ0n) is 16.4. The van der Waals surface area contributed by atoms with Crippen molar-refractivity contribution in [2.24, 2.45) is 5.92 Å². The van der Waals surface area contributed by atoms with E-state index in [1.54, 1.807) is 13.4 Å². The topological polar surface area (TPSA) is 67.8 Å². The van der Waals surface area contributed by atoms with E-state index in [0.29, 0.717) is 11.7 Å². The third-order valence-electron chi connectivity index (χ3n) is 5.72. The van der Waals surface area contributed by atoms with E-state index in [-0.39, 0.29) is 18.6 Å². The fourth-order valence-corrected chi connectivity index (χ4v) is 4.17. The minimum absolute atomic E-state index is 0.0454. The Balaban J connectivity index is 1.38. The number of rotatable bonds is 5. The Morgan fingerprint density at radius 3 is 2.64 bits per heavy atom. The van der Waals surface area contributed by atoms with E-state index in [1.165, 1.54) is 0 Å². The number of piperidine rings is 1.